The summed E-state index contributed by atoms with van der Waals surface area (Å²) in [6.07, 6.45) is 1.76. The molecule has 0 bridgehead atoms. The van der Waals surface area contributed by atoms with Crippen molar-refractivity contribution in [2.24, 2.45) is 5.92 Å². The zero-order chi connectivity index (χ0) is 21.6. The van der Waals surface area contributed by atoms with Gasteiger partial charge >= 0.3 is 0 Å². The second kappa shape index (κ2) is 13.5. The Labute approximate surface area is 176 Å². The van der Waals surface area contributed by atoms with Crippen LogP contribution in [0.1, 0.15) is 41.3 Å². The van der Waals surface area contributed by atoms with Gasteiger partial charge in [-0.15, -0.1) is 0 Å². The summed E-state index contributed by atoms with van der Waals surface area (Å²) < 4.78 is 10.1. The van der Waals surface area contributed by atoms with Crippen molar-refractivity contribution in [3.63, 3.8) is 0 Å². The highest BCUT2D eigenvalue weighted by molar-refractivity contribution is 5.82. The molecule has 2 fully saturated rings. The zero-order valence-corrected chi connectivity index (χ0v) is 16.9. The van der Waals surface area contributed by atoms with Gasteiger partial charge in [-0.3, -0.25) is 14.4 Å². The summed E-state index contributed by atoms with van der Waals surface area (Å²) in [5, 5.41) is 10.0. The minimum atomic E-state index is -0.737. The van der Waals surface area contributed by atoms with Crippen molar-refractivity contribution in [1.82, 2.24) is 0 Å². The van der Waals surface area contributed by atoms with E-state index in [2.05, 4.69) is 0 Å². The Bertz CT molecular complexity index is 767. The van der Waals surface area contributed by atoms with E-state index in [0.29, 0.717) is 51.5 Å². The number of ether oxygens (including phenoxy) is 2. The Balaban J connectivity index is 0.000000179. The molecule has 160 valence electrons. The number of Topliss-reactive ketones (excluding diaryl/α,β-unsaturated/α-hetero) is 2. The number of aldehydes is 1. The first-order chi connectivity index (χ1) is 14.6. The van der Waals surface area contributed by atoms with E-state index in [1.165, 1.54) is 0 Å². The zero-order valence-electron chi connectivity index (χ0n) is 16.9. The first-order valence-corrected chi connectivity index (χ1v) is 10.0. The Morgan fingerprint density at radius 3 is 1.87 bits per heavy atom. The van der Waals surface area contributed by atoms with Crippen LogP contribution in [-0.4, -0.2) is 49.4 Å². The van der Waals surface area contributed by atoms with E-state index in [1.54, 1.807) is 12.1 Å². The minimum absolute atomic E-state index is 0.0950. The molecule has 4 rings (SSSR count). The fourth-order valence-electron chi connectivity index (χ4n) is 2.94. The summed E-state index contributed by atoms with van der Waals surface area (Å²) in [5.74, 6) is 0.0324. The summed E-state index contributed by atoms with van der Waals surface area (Å²) in [6, 6.07) is 18.3. The van der Waals surface area contributed by atoms with Crippen molar-refractivity contribution in [3.05, 3.63) is 71.8 Å². The number of aliphatic hydroxyl groups excluding tert-OH is 1. The quantitative estimate of drug-likeness (QED) is 0.779. The third-order valence-corrected chi connectivity index (χ3v) is 4.71. The number of carbonyl (C=O) groups excluding carboxylic acids is 3. The molecule has 2 saturated heterocycles. The highest BCUT2D eigenvalue weighted by atomic mass is 16.5. The predicted molar refractivity (Wildman–Crippen MR) is 112 cm³/mol. The maximum Gasteiger partial charge on any atom is 0.150 e. The molecule has 2 aromatic carbocycles. The standard InChI is InChI=1S/C12H14O3.C7H6O.C5H8O2/c13-11-6-7-15-8-10(11)12(14)9-4-2-1-3-5-9;8-6-7-4-2-1-3-5-7;6-5-1-3-7-4-2-5/h1-5,10,12,14H,6-8H2;1-6H;1-4H2/t10-,12+;;/m1../s1. The van der Waals surface area contributed by atoms with E-state index in [0.717, 1.165) is 17.4 Å². The van der Waals surface area contributed by atoms with E-state index >= 15 is 0 Å². The number of ketones is 2. The largest absolute Gasteiger partial charge is 0.388 e. The van der Waals surface area contributed by atoms with Gasteiger partial charge in [-0.25, -0.2) is 0 Å². The molecule has 0 aliphatic carbocycles. The molecule has 30 heavy (non-hydrogen) atoms. The van der Waals surface area contributed by atoms with Crippen LogP contribution in [0.2, 0.25) is 0 Å². The van der Waals surface area contributed by atoms with Crippen LogP contribution >= 0.6 is 0 Å². The van der Waals surface area contributed by atoms with Crippen LogP contribution in [0.5, 0.6) is 0 Å². The number of carbonyl (C=O) groups is 3. The highest BCUT2D eigenvalue weighted by Gasteiger charge is 2.30. The second-order valence-electron chi connectivity index (χ2n) is 6.93. The molecule has 2 aliphatic heterocycles. The van der Waals surface area contributed by atoms with Gasteiger partial charge < -0.3 is 14.6 Å². The Hall–Kier alpha value is -2.67. The van der Waals surface area contributed by atoms with Gasteiger partial charge in [0.2, 0.25) is 0 Å². The highest BCUT2D eigenvalue weighted by Crippen LogP contribution is 2.26. The summed E-state index contributed by atoms with van der Waals surface area (Å²) in [5.41, 5.74) is 1.51. The van der Waals surface area contributed by atoms with Crippen LogP contribution in [-0.2, 0) is 19.1 Å². The lowest BCUT2D eigenvalue weighted by Gasteiger charge is -2.25. The molecule has 2 atom stereocenters. The molecule has 2 heterocycles. The van der Waals surface area contributed by atoms with Gasteiger partial charge in [0, 0.05) is 24.8 Å². The van der Waals surface area contributed by atoms with Gasteiger partial charge in [0.15, 0.2) is 0 Å². The third kappa shape index (κ3) is 8.37. The lowest BCUT2D eigenvalue weighted by Crippen LogP contribution is -2.32. The predicted octanol–water partition coefficient (Wildman–Crippen LogP) is 3.19. The van der Waals surface area contributed by atoms with E-state index in [4.69, 9.17) is 9.47 Å². The van der Waals surface area contributed by atoms with Gasteiger partial charge in [0.25, 0.3) is 0 Å². The fourth-order valence-corrected chi connectivity index (χ4v) is 2.94. The molecule has 1 N–H and O–H groups in total. The molecular formula is C24H28O6. The number of benzene rings is 2. The van der Waals surface area contributed by atoms with Gasteiger partial charge in [0.05, 0.1) is 38.4 Å². The van der Waals surface area contributed by atoms with Crippen molar-refractivity contribution < 1.29 is 29.0 Å². The Morgan fingerprint density at radius 1 is 0.833 bits per heavy atom. The van der Waals surface area contributed by atoms with Gasteiger partial charge in [-0.05, 0) is 5.56 Å². The van der Waals surface area contributed by atoms with E-state index in [1.807, 2.05) is 48.5 Å². The first kappa shape index (κ1) is 23.6. The van der Waals surface area contributed by atoms with E-state index < -0.39 is 12.0 Å². The van der Waals surface area contributed by atoms with Crippen LogP contribution in [0, 0.1) is 5.92 Å². The lowest BCUT2D eigenvalue weighted by molar-refractivity contribution is -0.136. The second-order valence-corrected chi connectivity index (χ2v) is 6.93. The number of hydrogen-bond acceptors (Lipinski definition) is 6. The SMILES string of the molecule is O=C1CCOCC1.O=C1CCOC[C@H]1[C@@H](O)c1ccccc1.O=Cc1ccccc1. The summed E-state index contributed by atoms with van der Waals surface area (Å²) in [6.45, 7) is 2.09. The third-order valence-electron chi connectivity index (χ3n) is 4.71. The van der Waals surface area contributed by atoms with Crippen molar-refractivity contribution >= 4 is 17.9 Å². The van der Waals surface area contributed by atoms with E-state index in [9.17, 15) is 19.5 Å². The maximum atomic E-state index is 11.6. The summed E-state index contributed by atoms with van der Waals surface area (Å²) in [4.78, 5) is 32.0. The van der Waals surface area contributed by atoms with Crippen molar-refractivity contribution in [3.8, 4) is 0 Å². The van der Waals surface area contributed by atoms with Crippen LogP contribution in [0.3, 0.4) is 0 Å². The topological polar surface area (TPSA) is 89.9 Å². The van der Waals surface area contributed by atoms with Gasteiger partial charge in [0.1, 0.15) is 17.9 Å². The van der Waals surface area contributed by atoms with Crippen molar-refractivity contribution in [2.45, 2.75) is 25.4 Å². The lowest BCUT2D eigenvalue weighted by atomic mass is 9.90. The van der Waals surface area contributed by atoms with E-state index in [-0.39, 0.29) is 5.78 Å². The van der Waals surface area contributed by atoms with Crippen LogP contribution in [0.25, 0.3) is 0 Å². The molecule has 2 aliphatic rings. The normalized spacial score (nSPS) is 19.4. The molecule has 0 radical (unpaired) electrons. The van der Waals surface area contributed by atoms with Crippen LogP contribution in [0.15, 0.2) is 60.7 Å². The molecule has 0 amide bonds. The average Bonchev–Trinajstić information content (AvgIpc) is 2.81. The molecule has 6 nitrogen and oxygen atoms in total. The molecule has 2 aromatic rings. The smallest absolute Gasteiger partial charge is 0.150 e. The fraction of sp³-hybridized carbons (Fsp3) is 0.375. The minimum Gasteiger partial charge on any atom is -0.388 e. The molecule has 6 heteroatoms. The number of aliphatic hydroxyl groups is 1. The molecule has 0 spiro atoms. The molecule has 0 saturated carbocycles. The van der Waals surface area contributed by atoms with Crippen molar-refractivity contribution in [1.29, 1.82) is 0 Å². The van der Waals surface area contributed by atoms with Crippen molar-refractivity contribution in [2.75, 3.05) is 26.4 Å². The number of rotatable bonds is 3. The molecular weight excluding hydrogens is 384 g/mol. The van der Waals surface area contributed by atoms with Gasteiger partial charge in [-0.1, -0.05) is 60.7 Å². The number of hydrogen-bond donors (Lipinski definition) is 1. The van der Waals surface area contributed by atoms with Crippen LogP contribution < -0.4 is 0 Å². The monoisotopic (exact) mass is 412 g/mol. The maximum absolute atomic E-state index is 11.6. The van der Waals surface area contributed by atoms with Gasteiger partial charge in [-0.2, -0.15) is 0 Å². The Kier molecular flexibility index (Phi) is 10.7. The van der Waals surface area contributed by atoms with Crippen LogP contribution in [0.4, 0.5) is 0 Å². The molecule has 0 aromatic heterocycles. The Morgan fingerprint density at radius 2 is 1.40 bits per heavy atom. The first-order valence-electron chi connectivity index (χ1n) is 10.0. The molecule has 0 unspecified atom stereocenters. The summed E-state index contributed by atoms with van der Waals surface area (Å²) in [7, 11) is 0. The average molecular weight is 412 g/mol. The summed E-state index contributed by atoms with van der Waals surface area (Å²) >= 11 is 0.